The Kier molecular flexibility index (Phi) is 8.02. The molecule has 218 valence electrons. The Labute approximate surface area is 236 Å². The van der Waals surface area contributed by atoms with Gasteiger partial charge in [-0.05, 0) is 63.9 Å². The number of imidazole rings is 1. The fourth-order valence-corrected chi connectivity index (χ4v) is 4.60. The van der Waals surface area contributed by atoms with E-state index in [0.717, 1.165) is 19.4 Å². The van der Waals surface area contributed by atoms with Crippen LogP contribution in [0.15, 0.2) is 36.5 Å². The van der Waals surface area contributed by atoms with Gasteiger partial charge in [-0.2, -0.15) is 0 Å². The van der Waals surface area contributed by atoms with Gasteiger partial charge in [-0.1, -0.05) is 0 Å². The van der Waals surface area contributed by atoms with Crippen molar-refractivity contribution in [2.45, 2.75) is 51.6 Å². The molecule has 0 spiro atoms. The molecule has 4 heterocycles. The molecule has 5 rings (SSSR count). The average Bonchev–Trinajstić information content (AvgIpc) is 3.64. The highest BCUT2D eigenvalue weighted by Gasteiger charge is 2.54. The summed E-state index contributed by atoms with van der Waals surface area (Å²) in [6.07, 6.45) is 3.28. The number of halogens is 1. The number of H-pyrrole nitrogens is 1. The molecule has 13 heteroatoms. The number of carbonyl (C=O) groups excluding carboxylic acids is 2. The van der Waals surface area contributed by atoms with Crippen LogP contribution in [0.25, 0.3) is 22.6 Å². The minimum atomic E-state index is -2.13. The van der Waals surface area contributed by atoms with E-state index in [2.05, 4.69) is 25.3 Å². The van der Waals surface area contributed by atoms with Gasteiger partial charge in [0.15, 0.2) is 5.82 Å². The number of ether oxygens (including phenoxy) is 4. The van der Waals surface area contributed by atoms with Crippen molar-refractivity contribution in [1.82, 2.24) is 19.9 Å². The van der Waals surface area contributed by atoms with Crippen LogP contribution in [0.1, 0.15) is 39.4 Å². The number of esters is 1. The minimum absolute atomic E-state index is 0.0499. The predicted molar refractivity (Wildman–Crippen MR) is 145 cm³/mol. The fourth-order valence-electron chi connectivity index (χ4n) is 4.60. The minimum Gasteiger partial charge on any atom is -0.462 e. The van der Waals surface area contributed by atoms with E-state index in [0.29, 0.717) is 35.1 Å². The number of hydrogen-bond acceptors (Lipinski definition) is 10. The van der Waals surface area contributed by atoms with E-state index in [1.807, 2.05) is 0 Å². The summed E-state index contributed by atoms with van der Waals surface area (Å²) in [6, 6.07) is 7.36. The molecular weight excluding hydrogens is 535 g/mol. The summed E-state index contributed by atoms with van der Waals surface area (Å²) in [6.45, 7) is 5.94. The van der Waals surface area contributed by atoms with Crippen LogP contribution in [0.3, 0.4) is 0 Å². The van der Waals surface area contributed by atoms with Crippen LogP contribution >= 0.6 is 0 Å². The molecule has 12 nitrogen and oxygen atoms in total. The lowest BCUT2D eigenvalue weighted by molar-refractivity contribution is -0.294. The molecule has 2 aliphatic rings. The van der Waals surface area contributed by atoms with E-state index in [-0.39, 0.29) is 31.2 Å². The Hall–Kier alpha value is -3.94. The van der Waals surface area contributed by atoms with Crippen LogP contribution in [0, 0.1) is 11.2 Å². The fraction of sp³-hybridized carbons (Fsp3) is 0.464. The number of primary amides is 1. The summed E-state index contributed by atoms with van der Waals surface area (Å²) in [5.41, 5.74) is 6.35. The quantitative estimate of drug-likeness (QED) is 0.327. The average molecular weight is 569 g/mol. The van der Waals surface area contributed by atoms with Gasteiger partial charge in [0.1, 0.15) is 11.2 Å². The number of nitrogens with one attached hydrogen (secondary N) is 2. The Balaban J connectivity index is 1.50. The number of aromatic nitrogens is 4. The SMILES string of the molecule is CC(C)OC(=O)C1(C)COC(C(N)=O)(c2nc(-c3ccc(F)cc3)c(-c3ccnc(NCC4CCCO4)n3)[nH]2)OC1. The van der Waals surface area contributed by atoms with Gasteiger partial charge in [-0.15, -0.1) is 0 Å². The number of amides is 1. The number of benzene rings is 1. The molecule has 1 amide bonds. The van der Waals surface area contributed by atoms with Crippen molar-refractivity contribution in [3.8, 4) is 22.6 Å². The summed E-state index contributed by atoms with van der Waals surface area (Å²) in [5.74, 6) is -3.72. The molecule has 41 heavy (non-hydrogen) atoms. The summed E-state index contributed by atoms with van der Waals surface area (Å²) in [7, 11) is 0. The number of nitrogens with zero attached hydrogens (tertiary/aromatic N) is 3. The highest BCUT2D eigenvalue weighted by atomic mass is 19.1. The lowest BCUT2D eigenvalue weighted by atomic mass is 9.91. The molecule has 0 saturated carbocycles. The highest BCUT2D eigenvalue weighted by molar-refractivity contribution is 5.85. The molecule has 0 aliphatic carbocycles. The summed E-state index contributed by atoms with van der Waals surface area (Å²) < 4.78 is 36.6. The molecule has 2 aliphatic heterocycles. The van der Waals surface area contributed by atoms with Gasteiger partial charge in [0.2, 0.25) is 5.95 Å². The van der Waals surface area contributed by atoms with Gasteiger partial charge >= 0.3 is 11.8 Å². The summed E-state index contributed by atoms with van der Waals surface area (Å²) in [5, 5.41) is 3.19. The zero-order valence-electron chi connectivity index (χ0n) is 23.1. The third-order valence-corrected chi connectivity index (χ3v) is 6.90. The van der Waals surface area contributed by atoms with Gasteiger partial charge < -0.3 is 35.0 Å². The van der Waals surface area contributed by atoms with Gasteiger partial charge in [-0.3, -0.25) is 9.59 Å². The second kappa shape index (κ2) is 11.5. The van der Waals surface area contributed by atoms with Crippen LogP contribution in [-0.4, -0.2) is 70.4 Å². The van der Waals surface area contributed by atoms with E-state index in [9.17, 15) is 14.0 Å². The van der Waals surface area contributed by atoms with Gasteiger partial charge in [0.25, 0.3) is 5.91 Å². The number of carbonyl (C=O) groups is 2. The first kappa shape index (κ1) is 28.6. The van der Waals surface area contributed by atoms with E-state index in [1.54, 1.807) is 45.2 Å². The number of aromatic amines is 1. The Morgan fingerprint density at radius 2 is 1.93 bits per heavy atom. The van der Waals surface area contributed by atoms with Crippen molar-refractivity contribution >= 4 is 17.8 Å². The first-order valence-corrected chi connectivity index (χ1v) is 13.4. The topological polar surface area (TPSA) is 164 Å². The number of hydrogen-bond donors (Lipinski definition) is 3. The first-order valence-electron chi connectivity index (χ1n) is 13.4. The van der Waals surface area contributed by atoms with Crippen molar-refractivity contribution in [2.24, 2.45) is 11.1 Å². The second-order valence-electron chi connectivity index (χ2n) is 10.7. The Morgan fingerprint density at radius 3 is 2.56 bits per heavy atom. The summed E-state index contributed by atoms with van der Waals surface area (Å²) in [4.78, 5) is 42.2. The molecule has 2 saturated heterocycles. The van der Waals surface area contributed by atoms with Gasteiger partial charge in [-0.25, -0.2) is 19.3 Å². The third-order valence-electron chi connectivity index (χ3n) is 6.90. The summed E-state index contributed by atoms with van der Waals surface area (Å²) >= 11 is 0. The normalized spacial score (nSPS) is 24.4. The highest BCUT2D eigenvalue weighted by Crippen LogP contribution is 2.39. The molecule has 2 aromatic heterocycles. The third kappa shape index (κ3) is 5.92. The first-order chi connectivity index (χ1) is 19.6. The van der Waals surface area contributed by atoms with Crippen molar-refractivity contribution in [3.05, 3.63) is 48.2 Å². The van der Waals surface area contributed by atoms with Crippen molar-refractivity contribution in [3.63, 3.8) is 0 Å². The van der Waals surface area contributed by atoms with Gasteiger partial charge in [0, 0.05) is 24.9 Å². The molecule has 1 atom stereocenters. The van der Waals surface area contributed by atoms with Crippen LogP contribution in [0.2, 0.25) is 0 Å². The standard InChI is InChI=1S/C28H33FN6O6/c1-16(2)41-25(37)27(3)14-39-28(23(30)36,40-15-27)24-34-21(17-6-8-18(29)9-7-17)22(35-24)20-10-11-31-26(33-20)32-13-19-5-4-12-38-19/h6-11,16,19H,4-5,12-15H2,1-3H3,(H2,30,36)(H,34,35)(H,31,32,33). The molecule has 3 aromatic rings. The lowest BCUT2D eigenvalue weighted by Gasteiger charge is -2.40. The monoisotopic (exact) mass is 568 g/mol. The molecule has 1 aromatic carbocycles. The van der Waals surface area contributed by atoms with E-state index in [1.165, 1.54) is 12.1 Å². The molecule has 0 bridgehead atoms. The van der Waals surface area contributed by atoms with Crippen molar-refractivity contribution in [1.29, 1.82) is 0 Å². The molecule has 1 unspecified atom stereocenters. The predicted octanol–water partition coefficient (Wildman–Crippen LogP) is 2.91. The zero-order valence-corrected chi connectivity index (χ0v) is 23.1. The van der Waals surface area contributed by atoms with Crippen molar-refractivity contribution in [2.75, 3.05) is 31.7 Å². The molecular formula is C28H33FN6O6. The molecule has 2 fully saturated rings. The van der Waals surface area contributed by atoms with Crippen LogP contribution in [0.4, 0.5) is 10.3 Å². The maximum atomic E-state index is 13.8. The van der Waals surface area contributed by atoms with Crippen LogP contribution < -0.4 is 11.1 Å². The number of nitrogens with two attached hydrogens (primary N) is 1. The lowest BCUT2D eigenvalue weighted by Crippen LogP contribution is -2.56. The van der Waals surface area contributed by atoms with Gasteiger partial charge in [0.05, 0.1) is 42.5 Å². The van der Waals surface area contributed by atoms with Crippen LogP contribution in [-0.2, 0) is 34.3 Å². The zero-order chi connectivity index (χ0) is 29.2. The largest absolute Gasteiger partial charge is 0.462 e. The molecule has 0 radical (unpaired) electrons. The van der Waals surface area contributed by atoms with E-state index >= 15 is 0 Å². The van der Waals surface area contributed by atoms with Crippen molar-refractivity contribution < 1.29 is 32.9 Å². The van der Waals surface area contributed by atoms with E-state index in [4.69, 9.17) is 24.7 Å². The number of anilines is 1. The Morgan fingerprint density at radius 1 is 1.20 bits per heavy atom. The Bertz CT molecular complexity index is 1400. The smallest absolute Gasteiger partial charge is 0.316 e. The maximum Gasteiger partial charge on any atom is 0.316 e. The van der Waals surface area contributed by atoms with E-state index < -0.39 is 28.9 Å². The molecule has 4 N–H and O–H groups in total. The second-order valence-corrected chi connectivity index (χ2v) is 10.7. The van der Waals surface area contributed by atoms with Crippen LogP contribution in [0.5, 0.6) is 0 Å². The maximum absolute atomic E-state index is 13.8. The number of rotatable bonds is 9.